The highest BCUT2D eigenvalue weighted by Crippen LogP contribution is 2.18. The van der Waals surface area contributed by atoms with Gasteiger partial charge in [0.25, 0.3) is 5.91 Å². The van der Waals surface area contributed by atoms with Gasteiger partial charge in [-0.3, -0.25) is 4.79 Å². The lowest BCUT2D eigenvalue weighted by molar-refractivity contribution is 0.0922. The summed E-state index contributed by atoms with van der Waals surface area (Å²) in [5, 5.41) is 6.33. The third-order valence-electron chi connectivity index (χ3n) is 4.43. The molecule has 1 aliphatic rings. The van der Waals surface area contributed by atoms with Gasteiger partial charge in [-0.15, -0.1) is 0 Å². The summed E-state index contributed by atoms with van der Waals surface area (Å²) in [6, 6.07) is 10.3. The minimum absolute atomic E-state index is 0.109. The second kappa shape index (κ2) is 7.90. The van der Waals surface area contributed by atoms with Crippen molar-refractivity contribution in [2.75, 3.05) is 5.32 Å². The molecule has 0 spiro atoms. The molecule has 0 unspecified atom stereocenters. The Kier molecular flexibility index (Phi) is 5.41. The highest BCUT2D eigenvalue weighted by atomic mass is 16.1. The molecule has 1 heterocycles. The fourth-order valence-corrected chi connectivity index (χ4v) is 2.98. The Balaban J connectivity index is 1.58. The SMILES string of the molecule is Cc1ccc(CNc2cc(C(=O)NC3CCCCC3)ncn2)cc1. The zero-order chi connectivity index (χ0) is 16.8. The number of aromatic nitrogens is 2. The Hall–Kier alpha value is -2.43. The molecule has 5 heteroatoms. The summed E-state index contributed by atoms with van der Waals surface area (Å²) in [5.74, 6) is 0.557. The summed E-state index contributed by atoms with van der Waals surface area (Å²) in [6.45, 7) is 2.74. The van der Waals surface area contributed by atoms with Crippen LogP contribution in [-0.2, 0) is 6.54 Å². The van der Waals surface area contributed by atoms with Crippen molar-refractivity contribution in [2.45, 2.75) is 51.6 Å². The topological polar surface area (TPSA) is 66.9 Å². The molecule has 1 aromatic carbocycles. The van der Waals surface area contributed by atoms with E-state index in [1.54, 1.807) is 6.07 Å². The lowest BCUT2D eigenvalue weighted by Crippen LogP contribution is -2.36. The standard InChI is InChI=1S/C19H24N4O/c1-14-7-9-15(10-8-14)12-20-18-11-17(21-13-22-18)19(24)23-16-5-3-2-4-6-16/h7-11,13,16H,2-6,12H2,1H3,(H,23,24)(H,20,21,22). The van der Waals surface area contributed by atoms with Crippen LogP contribution in [0.5, 0.6) is 0 Å². The smallest absolute Gasteiger partial charge is 0.270 e. The van der Waals surface area contributed by atoms with Crippen LogP contribution in [0.1, 0.15) is 53.7 Å². The van der Waals surface area contributed by atoms with E-state index in [1.165, 1.54) is 36.7 Å². The molecular formula is C19H24N4O. The van der Waals surface area contributed by atoms with Gasteiger partial charge in [0.05, 0.1) is 0 Å². The fraction of sp³-hybridized carbons (Fsp3) is 0.421. The highest BCUT2D eigenvalue weighted by molar-refractivity contribution is 5.93. The molecule has 2 aromatic rings. The Bertz CT molecular complexity index is 678. The van der Waals surface area contributed by atoms with E-state index in [0.717, 1.165) is 12.8 Å². The molecule has 0 aliphatic heterocycles. The molecule has 0 atom stereocenters. The Morgan fingerprint density at radius 2 is 1.88 bits per heavy atom. The Morgan fingerprint density at radius 3 is 2.62 bits per heavy atom. The number of amides is 1. The summed E-state index contributed by atoms with van der Waals surface area (Å²) in [4.78, 5) is 20.7. The number of anilines is 1. The lowest BCUT2D eigenvalue weighted by atomic mass is 9.95. The molecule has 24 heavy (non-hydrogen) atoms. The second-order valence-corrected chi connectivity index (χ2v) is 6.44. The maximum atomic E-state index is 12.3. The molecule has 5 nitrogen and oxygen atoms in total. The minimum Gasteiger partial charge on any atom is -0.366 e. The molecule has 3 rings (SSSR count). The van der Waals surface area contributed by atoms with E-state index in [2.05, 4.69) is 51.8 Å². The molecule has 0 saturated heterocycles. The van der Waals surface area contributed by atoms with Crippen molar-refractivity contribution in [1.29, 1.82) is 0 Å². The largest absolute Gasteiger partial charge is 0.366 e. The van der Waals surface area contributed by atoms with Gasteiger partial charge in [-0.2, -0.15) is 0 Å². The van der Waals surface area contributed by atoms with Crippen LogP contribution in [-0.4, -0.2) is 21.9 Å². The van der Waals surface area contributed by atoms with E-state index >= 15 is 0 Å². The quantitative estimate of drug-likeness (QED) is 0.884. The first-order valence-corrected chi connectivity index (χ1v) is 8.63. The van der Waals surface area contributed by atoms with Gasteiger partial charge < -0.3 is 10.6 Å². The first kappa shape index (κ1) is 16.4. The van der Waals surface area contributed by atoms with E-state index in [9.17, 15) is 4.79 Å². The molecule has 1 aromatic heterocycles. The predicted octanol–water partition coefficient (Wildman–Crippen LogP) is 3.46. The molecule has 0 radical (unpaired) electrons. The molecule has 1 saturated carbocycles. The maximum Gasteiger partial charge on any atom is 0.270 e. The molecule has 1 fully saturated rings. The van der Waals surface area contributed by atoms with Gasteiger partial charge in [0.1, 0.15) is 17.8 Å². The van der Waals surface area contributed by atoms with E-state index in [0.29, 0.717) is 18.1 Å². The average molecular weight is 324 g/mol. The van der Waals surface area contributed by atoms with Gasteiger partial charge in [-0.25, -0.2) is 9.97 Å². The number of hydrogen-bond donors (Lipinski definition) is 2. The lowest BCUT2D eigenvalue weighted by Gasteiger charge is -2.22. The van der Waals surface area contributed by atoms with Crippen LogP contribution in [0, 0.1) is 6.92 Å². The normalized spacial score (nSPS) is 15.0. The monoisotopic (exact) mass is 324 g/mol. The van der Waals surface area contributed by atoms with Crippen molar-refractivity contribution in [3.05, 3.63) is 53.5 Å². The fourth-order valence-electron chi connectivity index (χ4n) is 2.98. The van der Waals surface area contributed by atoms with E-state index in [-0.39, 0.29) is 11.9 Å². The van der Waals surface area contributed by atoms with E-state index in [4.69, 9.17) is 0 Å². The van der Waals surface area contributed by atoms with Crippen LogP contribution in [0.3, 0.4) is 0 Å². The number of benzene rings is 1. The number of nitrogens with zero attached hydrogens (tertiary/aromatic N) is 2. The molecule has 2 N–H and O–H groups in total. The summed E-state index contributed by atoms with van der Waals surface area (Å²) in [5.41, 5.74) is 2.83. The van der Waals surface area contributed by atoms with Crippen molar-refractivity contribution in [3.8, 4) is 0 Å². The molecule has 126 valence electrons. The van der Waals surface area contributed by atoms with Gasteiger partial charge >= 0.3 is 0 Å². The number of rotatable bonds is 5. The number of carbonyl (C=O) groups excluding carboxylic acids is 1. The summed E-state index contributed by atoms with van der Waals surface area (Å²) < 4.78 is 0. The molecule has 1 amide bonds. The summed E-state index contributed by atoms with van der Waals surface area (Å²) in [7, 11) is 0. The van der Waals surface area contributed by atoms with Gasteiger partial charge in [0.2, 0.25) is 0 Å². The van der Waals surface area contributed by atoms with Gasteiger partial charge in [-0.1, -0.05) is 49.1 Å². The predicted molar refractivity (Wildman–Crippen MR) is 94.9 cm³/mol. The van der Waals surface area contributed by atoms with Crippen molar-refractivity contribution in [2.24, 2.45) is 0 Å². The van der Waals surface area contributed by atoms with Crippen LogP contribution < -0.4 is 10.6 Å². The summed E-state index contributed by atoms with van der Waals surface area (Å²) >= 11 is 0. The van der Waals surface area contributed by atoms with Crippen molar-refractivity contribution in [3.63, 3.8) is 0 Å². The van der Waals surface area contributed by atoms with E-state index in [1.807, 2.05) is 0 Å². The van der Waals surface area contributed by atoms with Crippen LogP contribution in [0.4, 0.5) is 5.82 Å². The number of aryl methyl sites for hydroxylation is 1. The van der Waals surface area contributed by atoms with E-state index < -0.39 is 0 Å². The number of carbonyl (C=O) groups is 1. The average Bonchev–Trinajstić information content (AvgIpc) is 2.62. The maximum absolute atomic E-state index is 12.3. The van der Waals surface area contributed by atoms with Gasteiger partial charge in [0, 0.05) is 18.7 Å². The minimum atomic E-state index is -0.109. The molecule has 0 bridgehead atoms. The van der Waals surface area contributed by atoms with Crippen LogP contribution in [0.15, 0.2) is 36.7 Å². The first-order valence-electron chi connectivity index (χ1n) is 8.63. The summed E-state index contributed by atoms with van der Waals surface area (Å²) in [6.07, 6.45) is 7.22. The number of nitrogens with one attached hydrogen (secondary N) is 2. The zero-order valence-electron chi connectivity index (χ0n) is 14.1. The van der Waals surface area contributed by atoms with Crippen LogP contribution in [0.25, 0.3) is 0 Å². The molecule has 1 aliphatic carbocycles. The highest BCUT2D eigenvalue weighted by Gasteiger charge is 2.17. The van der Waals surface area contributed by atoms with Crippen LogP contribution >= 0.6 is 0 Å². The first-order chi connectivity index (χ1) is 11.7. The Labute approximate surface area is 142 Å². The van der Waals surface area contributed by atoms with Gasteiger partial charge in [0.15, 0.2) is 0 Å². The third kappa shape index (κ3) is 4.54. The Morgan fingerprint density at radius 1 is 1.12 bits per heavy atom. The molecular weight excluding hydrogens is 300 g/mol. The van der Waals surface area contributed by atoms with Crippen LogP contribution in [0.2, 0.25) is 0 Å². The van der Waals surface area contributed by atoms with Crippen molar-refractivity contribution in [1.82, 2.24) is 15.3 Å². The van der Waals surface area contributed by atoms with Gasteiger partial charge in [-0.05, 0) is 25.3 Å². The van der Waals surface area contributed by atoms with Crippen molar-refractivity contribution >= 4 is 11.7 Å². The number of hydrogen-bond acceptors (Lipinski definition) is 4. The van der Waals surface area contributed by atoms with Crippen molar-refractivity contribution < 1.29 is 4.79 Å². The zero-order valence-corrected chi connectivity index (χ0v) is 14.1. The second-order valence-electron chi connectivity index (χ2n) is 6.44. The third-order valence-corrected chi connectivity index (χ3v) is 4.43.